The summed E-state index contributed by atoms with van der Waals surface area (Å²) in [5, 5.41) is 0. The van der Waals surface area contributed by atoms with Crippen LogP contribution in [0, 0.1) is 18.8 Å². The number of likely N-dealkylation sites (tertiary alicyclic amines) is 1. The zero-order valence-corrected chi connectivity index (χ0v) is 16.5. The second-order valence-electron chi connectivity index (χ2n) is 8.15. The van der Waals surface area contributed by atoms with Crippen LogP contribution in [0.4, 0.5) is 5.69 Å². The molecule has 2 aromatic carbocycles. The van der Waals surface area contributed by atoms with E-state index < -0.39 is 0 Å². The van der Waals surface area contributed by atoms with Crippen LogP contribution in [0.3, 0.4) is 0 Å². The number of carbonyl (C=O) groups is 2. The van der Waals surface area contributed by atoms with Crippen LogP contribution in [-0.4, -0.2) is 36.3 Å². The molecule has 2 heterocycles. The second kappa shape index (κ2) is 8.17. The molecular formula is C24H28N2O2. The van der Waals surface area contributed by atoms with Gasteiger partial charge in [0.15, 0.2) is 0 Å². The fourth-order valence-corrected chi connectivity index (χ4v) is 4.54. The summed E-state index contributed by atoms with van der Waals surface area (Å²) in [5.74, 6) is 0.645. The maximum absolute atomic E-state index is 13.0. The Labute approximate surface area is 167 Å². The van der Waals surface area contributed by atoms with E-state index in [2.05, 4.69) is 24.3 Å². The van der Waals surface area contributed by atoms with Crippen LogP contribution in [0.15, 0.2) is 54.6 Å². The normalized spacial score (nSPS) is 20.6. The van der Waals surface area contributed by atoms with Crippen LogP contribution in [0.25, 0.3) is 0 Å². The van der Waals surface area contributed by atoms with E-state index in [-0.39, 0.29) is 17.7 Å². The SMILES string of the molecule is Cc1ccccc1N1C[C@@H](C(=O)N2CCC(Cc3ccccc3)CC2)CC1=O. The number of piperidine rings is 1. The summed E-state index contributed by atoms with van der Waals surface area (Å²) in [4.78, 5) is 29.3. The number of hydrogen-bond donors (Lipinski definition) is 0. The molecule has 0 saturated carbocycles. The number of benzene rings is 2. The van der Waals surface area contributed by atoms with Gasteiger partial charge in [0, 0.05) is 31.7 Å². The number of nitrogens with zero attached hydrogens (tertiary/aromatic N) is 2. The molecule has 2 aliphatic heterocycles. The lowest BCUT2D eigenvalue weighted by Crippen LogP contribution is -2.42. The fourth-order valence-electron chi connectivity index (χ4n) is 4.54. The minimum absolute atomic E-state index is 0.0617. The van der Waals surface area contributed by atoms with Crippen LogP contribution in [0.5, 0.6) is 0 Å². The first-order valence-corrected chi connectivity index (χ1v) is 10.3. The van der Waals surface area contributed by atoms with Gasteiger partial charge in [0.2, 0.25) is 11.8 Å². The Hall–Kier alpha value is -2.62. The zero-order chi connectivity index (χ0) is 19.5. The van der Waals surface area contributed by atoms with Crippen molar-refractivity contribution in [2.45, 2.75) is 32.6 Å². The first kappa shape index (κ1) is 18.7. The van der Waals surface area contributed by atoms with E-state index in [0.717, 1.165) is 43.6 Å². The Morgan fingerprint density at radius 1 is 1.00 bits per heavy atom. The van der Waals surface area contributed by atoms with Crippen molar-refractivity contribution in [3.8, 4) is 0 Å². The van der Waals surface area contributed by atoms with Crippen LogP contribution < -0.4 is 4.90 Å². The molecule has 0 unspecified atom stereocenters. The monoisotopic (exact) mass is 376 g/mol. The lowest BCUT2D eigenvalue weighted by Gasteiger charge is -2.33. The summed E-state index contributed by atoms with van der Waals surface area (Å²) in [6, 6.07) is 18.5. The third-order valence-corrected chi connectivity index (χ3v) is 6.17. The van der Waals surface area contributed by atoms with Crippen molar-refractivity contribution in [1.29, 1.82) is 0 Å². The summed E-state index contributed by atoms with van der Waals surface area (Å²) < 4.78 is 0. The number of rotatable bonds is 4. The molecule has 146 valence electrons. The number of carbonyl (C=O) groups excluding carboxylic acids is 2. The Balaban J connectivity index is 1.33. The van der Waals surface area contributed by atoms with E-state index in [1.807, 2.05) is 42.2 Å². The third-order valence-electron chi connectivity index (χ3n) is 6.17. The Kier molecular flexibility index (Phi) is 5.47. The van der Waals surface area contributed by atoms with Crippen molar-refractivity contribution in [1.82, 2.24) is 4.90 Å². The first-order chi connectivity index (χ1) is 13.6. The first-order valence-electron chi connectivity index (χ1n) is 10.3. The van der Waals surface area contributed by atoms with Crippen LogP contribution in [-0.2, 0) is 16.0 Å². The van der Waals surface area contributed by atoms with E-state index in [0.29, 0.717) is 18.9 Å². The molecule has 28 heavy (non-hydrogen) atoms. The van der Waals surface area contributed by atoms with Crippen molar-refractivity contribution in [3.63, 3.8) is 0 Å². The quantitative estimate of drug-likeness (QED) is 0.814. The molecule has 4 rings (SSSR count). The smallest absolute Gasteiger partial charge is 0.228 e. The lowest BCUT2D eigenvalue weighted by molar-refractivity contribution is -0.137. The van der Waals surface area contributed by atoms with E-state index >= 15 is 0 Å². The molecule has 0 N–H and O–H groups in total. The predicted octanol–water partition coefficient (Wildman–Crippen LogP) is 3.83. The molecule has 0 aliphatic carbocycles. The van der Waals surface area contributed by atoms with E-state index in [9.17, 15) is 9.59 Å². The standard InChI is InChI=1S/C24H28N2O2/c1-18-7-5-6-10-22(18)26-17-21(16-23(26)27)24(28)25-13-11-20(12-14-25)15-19-8-3-2-4-9-19/h2-10,20-21H,11-17H2,1H3/t21-/m0/s1. The van der Waals surface area contributed by atoms with Gasteiger partial charge in [0.1, 0.15) is 0 Å². The predicted molar refractivity (Wildman–Crippen MR) is 111 cm³/mol. The molecular weight excluding hydrogens is 348 g/mol. The summed E-state index contributed by atoms with van der Waals surface area (Å²) in [7, 11) is 0. The summed E-state index contributed by atoms with van der Waals surface area (Å²) >= 11 is 0. The summed E-state index contributed by atoms with van der Waals surface area (Å²) in [6.45, 7) is 4.14. The van der Waals surface area contributed by atoms with Gasteiger partial charge in [-0.3, -0.25) is 9.59 Å². The molecule has 2 amide bonds. The van der Waals surface area contributed by atoms with Gasteiger partial charge >= 0.3 is 0 Å². The second-order valence-corrected chi connectivity index (χ2v) is 8.15. The van der Waals surface area contributed by atoms with Crippen LogP contribution >= 0.6 is 0 Å². The maximum Gasteiger partial charge on any atom is 0.228 e. The molecule has 4 heteroatoms. The van der Waals surface area contributed by atoms with Gasteiger partial charge in [-0.2, -0.15) is 0 Å². The highest BCUT2D eigenvalue weighted by Crippen LogP contribution is 2.30. The molecule has 0 radical (unpaired) electrons. The van der Waals surface area contributed by atoms with Crippen molar-refractivity contribution < 1.29 is 9.59 Å². The molecule has 2 aromatic rings. The Morgan fingerprint density at radius 2 is 1.68 bits per heavy atom. The Morgan fingerprint density at radius 3 is 2.39 bits per heavy atom. The minimum Gasteiger partial charge on any atom is -0.342 e. The molecule has 0 spiro atoms. The number of aryl methyl sites for hydroxylation is 1. The topological polar surface area (TPSA) is 40.6 Å². The molecule has 1 atom stereocenters. The van der Waals surface area contributed by atoms with Crippen LogP contribution in [0.1, 0.15) is 30.4 Å². The molecule has 2 fully saturated rings. The summed E-state index contributed by atoms with van der Waals surface area (Å²) in [6.07, 6.45) is 3.51. The molecule has 0 aromatic heterocycles. The number of amides is 2. The van der Waals surface area contributed by atoms with Gasteiger partial charge in [0.05, 0.1) is 5.92 Å². The highest BCUT2D eigenvalue weighted by molar-refractivity contribution is 6.00. The number of hydrogen-bond acceptors (Lipinski definition) is 2. The van der Waals surface area contributed by atoms with Crippen LogP contribution in [0.2, 0.25) is 0 Å². The number of para-hydroxylation sites is 1. The van der Waals surface area contributed by atoms with Gasteiger partial charge < -0.3 is 9.80 Å². The zero-order valence-electron chi connectivity index (χ0n) is 16.5. The van der Waals surface area contributed by atoms with Gasteiger partial charge in [-0.05, 0) is 49.3 Å². The molecule has 4 nitrogen and oxygen atoms in total. The van der Waals surface area contributed by atoms with Gasteiger partial charge in [-0.15, -0.1) is 0 Å². The van der Waals surface area contributed by atoms with Gasteiger partial charge in [0.25, 0.3) is 0 Å². The highest BCUT2D eigenvalue weighted by Gasteiger charge is 2.38. The van der Waals surface area contributed by atoms with E-state index in [1.54, 1.807) is 4.90 Å². The average molecular weight is 377 g/mol. The lowest BCUT2D eigenvalue weighted by atomic mass is 9.89. The van der Waals surface area contributed by atoms with Gasteiger partial charge in [-0.1, -0.05) is 48.5 Å². The van der Waals surface area contributed by atoms with Crippen molar-refractivity contribution in [3.05, 3.63) is 65.7 Å². The van der Waals surface area contributed by atoms with E-state index in [1.165, 1.54) is 5.56 Å². The largest absolute Gasteiger partial charge is 0.342 e. The maximum atomic E-state index is 13.0. The average Bonchev–Trinajstić information content (AvgIpc) is 3.11. The highest BCUT2D eigenvalue weighted by atomic mass is 16.2. The van der Waals surface area contributed by atoms with Crippen molar-refractivity contribution >= 4 is 17.5 Å². The number of anilines is 1. The molecule has 2 saturated heterocycles. The summed E-state index contributed by atoms with van der Waals surface area (Å²) in [5.41, 5.74) is 3.39. The van der Waals surface area contributed by atoms with Crippen molar-refractivity contribution in [2.75, 3.05) is 24.5 Å². The molecule has 0 bridgehead atoms. The Bertz CT molecular complexity index is 841. The fraction of sp³-hybridized carbons (Fsp3) is 0.417. The van der Waals surface area contributed by atoms with Crippen molar-refractivity contribution in [2.24, 2.45) is 11.8 Å². The molecule has 2 aliphatic rings. The van der Waals surface area contributed by atoms with Gasteiger partial charge in [-0.25, -0.2) is 0 Å². The third kappa shape index (κ3) is 3.96. The van der Waals surface area contributed by atoms with E-state index in [4.69, 9.17) is 0 Å². The minimum atomic E-state index is -0.210.